The molecule has 9 heavy (non-hydrogen) atoms. The van der Waals surface area contributed by atoms with Crippen molar-refractivity contribution in [3.05, 3.63) is 0 Å². The van der Waals surface area contributed by atoms with E-state index in [0.717, 1.165) is 16.7 Å². The maximum absolute atomic E-state index is 3.75. The van der Waals surface area contributed by atoms with Gasteiger partial charge in [-0.25, -0.2) is 0 Å². The van der Waals surface area contributed by atoms with E-state index < -0.39 is 0 Å². The lowest BCUT2D eigenvalue weighted by molar-refractivity contribution is 0.125. The highest BCUT2D eigenvalue weighted by molar-refractivity contribution is 9.09. The molecule has 0 radical (unpaired) electrons. The van der Waals surface area contributed by atoms with E-state index in [-0.39, 0.29) is 0 Å². The molecule has 2 rings (SSSR count). The third kappa shape index (κ3) is 0.938. The molecule has 0 aromatic rings. The largest absolute Gasteiger partial charge is 0.0888 e. The van der Waals surface area contributed by atoms with Crippen LogP contribution in [-0.2, 0) is 0 Å². The van der Waals surface area contributed by atoms with Gasteiger partial charge in [-0.05, 0) is 31.1 Å². The lowest BCUT2D eigenvalue weighted by Crippen LogP contribution is -2.36. The molecule has 0 aromatic heterocycles. The fourth-order valence-corrected chi connectivity index (χ4v) is 3.24. The van der Waals surface area contributed by atoms with Gasteiger partial charge in [0.15, 0.2) is 0 Å². The van der Waals surface area contributed by atoms with Crippen molar-refractivity contribution in [1.29, 1.82) is 0 Å². The highest BCUT2D eigenvalue weighted by Crippen LogP contribution is 2.47. The Kier molecular flexibility index (Phi) is 1.56. The number of halogens is 1. The first-order valence-electron chi connectivity index (χ1n) is 4.02. The predicted molar refractivity (Wildman–Crippen MR) is 42.8 cm³/mol. The van der Waals surface area contributed by atoms with E-state index in [1.165, 1.54) is 32.1 Å². The molecule has 0 N–H and O–H groups in total. The number of hydrogen-bond donors (Lipinski definition) is 0. The summed E-state index contributed by atoms with van der Waals surface area (Å²) in [5.74, 6) is 2.18. The van der Waals surface area contributed by atoms with Crippen LogP contribution in [0.1, 0.15) is 32.1 Å². The molecule has 3 atom stereocenters. The second-order valence-corrected chi connectivity index (χ2v) is 4.62. The van der Waals surface area contributed by atoms with Crippen molar-refractivity contribution >= 4 is 15.9 Å². The van der Waals surface area contributed by atoms with Crippen molar-refractivity contribution in [3.8, 4) is 0 Å². The summed E-state index contributed by atoms with van der Waals surface area (Å²) in [5.41, 5.74) is 0. The molecule has 0 aliphatic heterocycles. The Morgan fingerprint density at radius 2 is 1.89 bits per heavy atom. The first-order chi connectivity index (χ1) is 4.38. The molecule has 0 amide bonds. The average Bonchev–Trinajstić information content (AvgIpc) is 1.74. The van der Waals surface area contributed by atoms with Crippen molar-refractivity contribution in [2.45, 2.75) is 36.9 Å². The molecule has 0 bridgehead atoms. The number of hydrogen-bond acceptors (Lipinski definition) is 0. The monoisotopic (exact) mass is 188 g/mol. The van der Waals surface area contributed by atoms with Crippen LogP contribution in [0.5, 0.6) is 0 Å². The first kappa shape index (κ1) is 6.21. The number of fused-ring (bicyclic) bond motifs is 1. The van der Waals surface area contributed by atoms with Crippen LogP contribution in [-0.4, -0.2) is 4.83 Å². The predicted octanol–water partition coefficient (Wildman–Crippen LogP) is 2.96. The van der Waals surface area contributed by atoms with Crippen LogP contribution in [0, 0.1) is 11.8 Å². The van der Waals surface area contributed by atoms with Gasteiger partial charge in [0.2, 0.25) is 0 Å². The van der Waals surface area contributed by atoms with Crippen LogP contribution in [0.15, 0.2) is 0 Å². The Hall–Kier alpha value is 0.480. The minimum Gasteiger partial charge on any atom is -0.0888 e. The highest BCUT2D eigenvalue weighted by Gasteiger charge is 2.37. The van der Waals surface area contributed by atoms with Crippen LogP contribution < -0.4 is 0 Å². The Balaban J connectivity index is 1.98. The second-order valence-electron chi connectivity index (χ2n) is 3.45. The van der Waals surface area contributed by atoms with E-state index in [9.17, 15) is 0 Å². The minimum absolute atomic E-state index is 0.880. The Morgan fingerprint density at radius 1 is 1.00 bits per heavy atom. The van der Waals surface area contributed by atoms with Gasteiger partial charge >= 0.3 is 0 Å². The van der Waals surface area contributed by atoms with Crippen molar-refractivity contribution < 1.29 is 0 Å². The van der Waals surface area contributed by atoms with Gasteiger partial charge in [-0.15, -0.1) is 0 Å². The minimum atomic E-state index is 0.880. The lowest BCUT2D eigenvalue weighted by atomic mass is 9.66. The molecule has 2 aliphatic rings. The molecule has 0 heterocycles. The normalized spacial score (nSPS) is 49.7. The van der Waals surface area contributed by atoms with Crippen LogP contribution in [0.3, 0.4) is 0 Å². The lowest BCUT2D eigenvalue weighted by Gasteiger charge is -2.43. The molecule has 52 valence electrons. The molecule has 2 fully saturated rings. The summed E-state index contributed by atoms with van der Waals surface area (Å²) in [6.07, 6.45) is 7.44. The fourth-order valence-electron chi connectivity index (χ4n) is 2.22. The molecular weight excluding hydrogens is 176 g/mol. The SMILES string of the molecule is BrC1CCCC2CCC12. The summed E-state index contributed by atoms with van der Waals surface area (Å²) in [5, 5.41) is 0. The molecule has 2 aliphatic carbocycles. The number of alkyl halides is 1. The van der Waals surface area contributed by atoms with E-state index in [4.69, 9.17) is 0 Å². The zero-order chi connectivity index (χ0) is 6.27. The average molecular weight is 189 g/mol. The molecule has 0 saturated heterocycles. The summed E-state index contributed by atoms with van der Waals surface area (Å²) in [4.78, 5) is 0.880. The highest BCUT2D eigenvalue weighted by atomic mass is 79.9. The summed E-state index contributed by atoms with van der Waals surface area (Å²) < 4.78 is 0. The third-order valence-electron chi connectivity index (χ3n) is 3.00. The van der Waals surface area contributed by atoms with Crippen molar-refractivity contribution in [1.82, 2.24) is 0 Å². The van der Waals surface area contributed by atoms with Gasteiger partial charge in [-0.3, -0.25) is 0 Å². The number of rotatable bonds is 0. The molecular formula is C8H13Br. The van der Waals surface area contributed by atoms with E-state index >= 15 is 0 Å². The van der Waals surface area contributed by atoms with Gasteiger partial charge in [-0.1, -0.05) is 28.8 Å². The Bertz CT molecular complexity index is 105. The van der Waals surface area contributed by atoms with Gasteiger partial charge in [0, 0.05) is 4.83 Å². The molecule has 0 nitrogen and oxygen atoms in total. The summed E-state index contributed by atoms with van der Waals surface area (Å²) in [7, 11) is 0. The zero-order valence-electron chi connectivity index (χ0n) is 5.65. The van der Waals surface area contributed by atoms with Gasteiger partial charge < -0.3 is 0 Å². The maximum atomic E-state index is 3.75. The quantitative estimate of drug-likeness (QED) is 0.514. The summed E-state index contributed by atoms with van der Waals surface area (Å²) in [6, 6.07) is 0. The fraction of sp³-hybridized carbons (Fsp3) is 1.00. The molecule has 2 saturated carbocycles. The van der Waals surface area contributed by atoms with Gasteiger partial charge in [-0.2, -0.15) is 0 Å². The van der Waals surface area contributed by atoms with Crippen LogP contribution >= 0.6 is 15.9 Å². The molecule has 0 aromatic carbocycles. The van der Waals surface area contributed by atoms with Crippen molar-refractivity contribution in [2.24, 2.45) is 11.8 Å². The maximum Gasteiger partial charge on any atom is 0.0176 e. The Labute approximate surface area is 65.1 Å². The second kappa shape index (κ2) is 2.26. The van der Waals surface area contributed by atoms with Crippen molar-refractivity contribution in [2.75, 3.05) is 0 Å². The zero-order valence-corrected chi connectivity index (χ0v) is 7.23. The summed E-state index contributed by atoms with van der Waals surface area (Å²) >= 11 is 3.75. The Morgan fingerprint density at radius 3 is 2.33 bits per heavy atom. The molecule has 0 spiro atoms. The topological polar surface area (TPSA) is 0 Å². The van der Waals surface area contributed by atoms with Crippen LogP contribution in [0.25, 0.3) is 0 Å². The van der Waals surface area contributed by atoms with Gasteiger partial charge in [0.1, 0.15) is 0 Å². The smallest absolute Gasteiger partial charge is 0.0176 e. The van der Waals surface area contributed by atoms with Gasteiger partial charge in [0.25, 0.3) is 0 Å². The van der Waals surface area contributed by atoms with Crippen molar-refractivity contribution in [3.63, 3.8) is 0 Å². The van der Waals surface area contributed by atoms with E-state index in [0.29, 0.717) is 0 Å². The van der Waals surface area contributed by atoms with Crippen LogP contribution in [0.4, 0.5) is 0 Å². The third-order valence-corrected chi connectivity index (χ3v) is 4.13. The molecule has 1 heteroatoms. The van der Waals surface area contributed by atoms with Crippen LogP contribution in [0.2, 0.25) is 0 Å². The van der Waals surface area contributed by atoms with Gasteiger partial charge in [0.05, 0.1) is 0 Å². The first-order valence-corrected chi connectivity index (χ1v) is 4.93. The standard InChI is InChI=1S/C8H13Br/c9-8-3-1-2-6-4-5-7(6)8/h6-8H,1-5H2. The molecule has 3 unspecified atom stereocenters. The van der Waals surface area contributed by atoms with E-state index in [1.54, 1.807) is 0 Å². The summed E-state index contributed by atoms with van der Waals surface area (Å²) in [6.45, 7) is 0. The van der Waals surface area contributed by atoms with E-state index in [2.05, 4.69) is 15.9 Å². The van der Waals surface area contributed by atoms with E-state index in [1.807, 2.05) is 0 Å².